The maximum atomic E-state index is 10.9. The van der Waals surface area contributed by atoms with Gasteiger partial charge in [0.05, 0.1) is 24.0 Å². The lowest BCUT2D eigenvalue weighted by atomic mass is 9.97. The second kappa shape index (κ2) is 6.74. The molecule has 0 bridgehead atoms. The highest BCUT2D eigenvalue weighted by Crippen LogP contribution is 2.39. The molecule has 0 saturated heterocycles. The second-order valence-electron chi connectivity index (χ2n) is 5.79. The normalized spacial score (nSPS) is 10.8. The molecule has 0 radical (unpaired) electrons. The number of hydrogen-bond donors (Lipinski definition) is 1. The molecule has 0 aliphatic rings. The molecular formula is C19H21N3O2. The third-order valence-corrected chi connectivity index (χ3v) is 4.06. The fourth-order valence-electron chi connectivity index (χ4n) is 2.88. The Labute approximate surface area is 141 Å². The van der Waals surface area contributed by atoms with Crippen LogP contribution in [0.5, 0.6) is 5.75 Å². The molecule has 0 unspecified atom stereocenters. The van der Waals surface area contributed by atoms with Crippen LogP contribution < -0.4 is 10.1 Å². The van der Waals surface area contributed by atoms with Gasteiger partial charge in [0.15, 0.2) is 5.75 Å². The van der Waals surface area contributed by atoms with Crippen molar-refractivity contribution in [1.82, 2.24) is 9.78 Å². The van der Waals surface area contributed by atoms with E-state index in [2.05, 4.69) is 36.4 Å². The van der Waals surface area contributed by atoms with Gasteiger partial charge in [-0.25, -0.2) is 0 Å². The highest BCUT2D eigenvalue weighted by atomic mass is 16.5. The van der Waals surface area contributed by atoms with Crippen LogP contribution in [-0.4, -0.2) is 22.8 Å². The van der Waals surface area contributed by atoms with Gasteiger partial charge in [0.25, 0.3) is 0 Å². The number of aromatic nitrogens is 2. The van der Waals surface area contributed by atoms with Crippen LogP contribution in [0.15, 0.2) is 36.5 Å². The fourth-order valence-corrected chi connectivity index (χ4v) is 2.88. The van der Waals surface area contributed by atoms with E-state index in [0.29, 0.717) is 24.5 Å². The Balaban J connectivity index is 2.19. The SMILES string of the molecule is CCCOc1c(NC=O)cccc1-c1cc2cnn(C)c2cc1C. The molecule has 2 aromatic carbocycles. The van der Waals surface area contributed by atoms with E-state index in [0.717, 1.165) is 34.0 Å². The first-order chi connectivity index (χ1) is 11.7. The first kappa shape index (κ1) is 16.1. The van der Waals surface area contributed by atoms with E-state index in [9.17, 15) is 4.79 Å². The number of ether oxygens (including phenoxy) is 1. The number of benzene rings is 2. The zero-order chi connectivity index (χ0) is 17.1. The van der Waals surface area contributed by atoms with Gasteiger partial charge in [-0.3, -0.25) is 9.48 Å². The van der Waals surface area contributed by atoms with Crippen LogP contribution in [0.2, 0.25) is 0 Å². The smallest absolute Gasteiger partial charge is 0.211 e. The van der Waals surface area contributed by atoms with Crippen LogP contribution in [0.4, 0.5) is 5.69 Å². The third kappa shape index (κ3) is 2.85. The molecule has 1 aromatic heterocycles. The van der Waals surface area contributed by atoms with Gasteiger partial charge in [0, 0.05) is 18.0 Å². The highest BCUT2D eigenvalue weighted by Gasteiger charge is 2.15. The fraction of sp³-hybridized carbons (Fsp3) is 0.263. The molecule has 0 spiro atoms. The molecule has 0 aliphatic carbocycles. The van der Waals surface area contributed by atoms with Gasteiger partial charge in [-0.15, -0.1) is 0 Å². The van der Waals surface area contributed by atoms with E-state index in [1.807, 2.05) is 36.1 Å². The van der Waals surface area contributed by atoms with Crippen LogP contribution >= 0.6 is 0 Å². The average Bonchev–Trinajstić information content (AvgIpc) is 2.93. The molecule has 0 atom stereocenters. The molecule has 1 N–H and O–H groups in total. The molecule has 0 saturated carbocycles. The minimum Gasteiger partial charge on any atom is -0.491 e. The summed E-state index contributed by atoms with van der Waals surface area (Å²) in [6, 6.07) is 10.0. The number of aryl methyl sites for hydroxylation is 2. The topological polar surface area (TPSA) is 56.1 Å². The van der Waals surface area contributed by atoms with Crippen molar-refractivity contribution in [1.29, 1.82) is 0 Å². The lowest BCUT2D eigenvalue weighted by molar-refractivity contribution is -0.105. The van der Waals surface area contributed by atoms with Gasteiger partial charge in [0.1, 0.15) is 0 Å². The van der Waals surface area contributed by atoms with Crippen LogP contribution in [-0.2, 0) is 11.8 Å². The van der Waals surface area contributed by atoms with E-state index in [1.54, 1.807) is 0 Å². The Bertz CT molecular complexity index is 884. The van der Waals surface area contributed by atoms with E-state index in [1.165, 1.54) is 0 Å². The third-order valence-electron chi connectivity index (χ3n) is 4.06. The zero-order valence-corrected chi connectivity index (χ0v) is 14.2. The number of nitrogens with zero attached hydrogens (tertiary/aromatic N) is 2. The van der Waals surface area contributed by atoms with E-state index in [4.69, 9.17) is 4.74 Å². The molecule has 24 heavy (non-hydrogen) atoms. The summed E-state index contributed by atoms with van der Waals surface area (Å²) in [5, 5.41) is 8.13. The lowest BCUT2D eigenvalue weighted by Gasteiger charge is -2.16. The molecule has 1 amide bonds. The second-order valence-corrected chi connectivity index (χ2v) is 5.79. The van der Waals surface area contributed by atoms with Crippen molar-refractivity contribution in [2.75, 3.05) is 11.9 Å². The summed E-state index contributed by atoms with van der Waals surface area (Å²) >= 11 is 0. The Morgan fingerprint density at radius 1 is 1.29 bits per heavy atom. The number of carbonyl (C=O) groups is 1. The summed E-state index contributed by atoms with van der Waals surface area (Å²) in [7, 11) is 1.94. The Morgan fingerprint density at radius 2 is 2.12 bits per heavy atom. The number of carbonyl (C=O) groups excluding carboxylic acids is 1. The van der Waals surface area contributed by atoms with Gasteiger partial charge < -0.3 is 10.1 Å². The number of fused-ring (bicyclic) bond motifs is 1. The van der Waals surface area contributed by atoms with Crippen molar-refractivity contribution < 1.29 is 9.53 Å². The largest absolute Gasteiger partial charge is 0.491 e. The Kier molecular flexibility index (Phi) is 4.51. The van der Waals surface area contributed by atoms with Crippen LogP contribution in [0, 0.1) is 6.92 Å². The standard InChI is InChI=1S/C19H21N3O2/c1-4-8-24-19-15(6-5-7-17(19)20-12-23)16-10-14-11-21-22(3)18(14)9-13(16)2/h5-7,9-12H,4,8H2,1-3H3,(H,20,23). The lowest BCUT2D eigenvalue weighted by Crippen LogP contribution is -2.03. The van der Waals surface area contributed by atoms with Crippen molar-refractivity contribution in [2.24, 2.45) is 7.05 Å². The number of anilines is 1. The molecule has 0 fully saturated rings. The van der Waals surface area contributed by atoms with Crippen molar-refractivity contribution in [3.8, 4) is 16.9 Å². The molecule has 124 valence electrons. The van der Waals surface area contributed by atoms with E-state index < -0.39 is 0 Å². The number of hydrogen-bond acceptors (Lipinski definition) is 3. The summed E-state index contributed by atoms with van der Waals surface area (Å²) in [5.41, 5.74) is 4.96. The minimum atomic E-state index is 0.596. The highest BCUT2D eigenvalue weighted by molar-refractivity contribution is 5.90. The summed E-state index contributed by atoms with van der Waals surface area (Å²) in [4.78, 5) is 10.9. The quantitative estimate of drug-likeness (QED) is 0.700. The number of amides is 1. The van der Waals surface area contributed by atoms with E-state index in [-0.39, 0.29) is 0 Å². The van der Waals surface area contributed by atoms with Gasteiger partial charge in [0.2, 0.25) is 6.41 Å². The molecule has 5 nitrogen and oxygen atoms in total. The Hall–Kier alpha value is -2.82. The average molecular weight is 323 g/mol. The molecule has 0 aliphatic heterocycles. The summed E-state index contributed by atoms with van der Waals surface area (Å²) in [5.74, 6) is 0.706. The van der Waals surface area contributed by atoms with Crippen molar-refractivity contribution >= 4 is 23.0 Å². The van der Waals surface area contributed by atoms with Crippen molar-refractivity contribution in [3.63, 3.8) is 0 Å². The van der Waals surface area contributed by atoms with Crippen LogP contribution in [0.1, 0.15) is 18.9 Å². The Morgan fingerprint density at radius 3 is 2.88 bits per heavy atom. The number of nitrogens with one attached hydrogen (secondary N) is 1. The summed E-state index contributed by atoms with van der Waals surface area (Å²) < 4.78 is 7.82. The predicted molar refractivity (Wildman–Crippen MR) is 96.4 cm³/mol. The molecule has 5 heteroatoms. The maximum Gasteiger partial charge on any atom is 0.211 e. The molecule has 3 rings (SSSR count). The predicted octanol–water partition coefficient (Wildman–Crippen LogP) is 3.91. The van der Waals surface area contributed by atoms with Crippen LogP contribution in [0.3, 0.4) is 0 Å². The van der Waals surface area contributed by atoms with E-state index >= 15 is 0 Å². The molecular weight excluding hydrogens is 302 g/mol. The monoisotopic (exact) mass is 323 g/mol. The van der Waals surface area contributed by atoms with Crippen molar-refractivity contribution in [2.45, 2.75) is 20.3 Å². The van der Waals surface area contributed by atoms with Gasteiger partial charge in [-0.05, 0) is 42.7 Å². The summed E-state index contributed by atoms with van der Waals surface area (Å²) in [6.45, 7) is 4.73. The molecule has 3 aromatic rings. The van der Waals surface area contributed by atoms with Crippen molar-refractivity contribution in [3.05, 3.63) is 42.1 Å². The molecule has 1 heterocycles. The minimum absolute atomic E-state index is 0.596. The first-order valence-corrected chi connectivity index (χ1v) is 8.04. The van der Waals surface area contributed by atoms with Gasteiger partial charge in [-0.2, -0.15) is 5.10 Å². The summed E-state index contributed by atoms with van der Waals surface area (Å²) in [6.07, 6.45) is 3.43. The number of para-hydroxylation sites is 1. The zero-order valence-electron chi connectivity index (χ0n) is 14.2. The van der Waals surface area contributed by atoms with Gasteiger partial charge in [-0.1, -0.05) is 19.1 Å². The number of rotatable bonds is 6. The maximum absolute atomic E-state index is 10.9. The van der Waals surface area contributed by atoms with Crippen LogP contribution in [0.25, 0.3) is 22.0 Å². The first-order valence-electron chi connectivity index (χ1n) is 8.04. The van der Waals surface area contributed by atoms with Gasteiger partial charge >= 0.3 is 0 Å².